The van der Waals surface area contributed by atoms with E-state index in [1.165, 1.54) is 0 Å². The Hall–Kier alpha value is 0.1000. The van der Waals surface area contributed by atoms with E-state index in [9.17, 15) is 4.79 Å². The molecule has 70 valence electrons. The first-order valence-electron chi connectivity index (χ1n) is 4.03. The molecule has 12 heavy (non-hydrogen) atoms. The van der Waals surface area contributed by atoms with E-state index in [2.05, 4.69) is 20.2 Å². The number of Topliss-reactive ketones (excluding diaryl/α,β-unsaturated/α-hetero) is 1. The van der Waals surface area contributed by atoms with Crippen molar-refractivity contribution >= 4 is 5.78 Å². The molecule has 0 fully saturated rings. The van der Waals surface area contributed by atoms with Gasteiger partial charge in [0.15, 0.2) is 5.78 Å². The predicted molar refractivity (Wildman–Crippen MR) is 45.2 cm³/mol. The summed E-state index contributed by atoms with van der Waals surface area (Å²) >= 11 is 0. The third kappa shape index (κ3) is 3.23. The fraction of sp³-hybridized carbons (Fsp3) is 0.667. The highest BCUT2D eigenvalue weighted by Crippen LogP contribution is 2.13. The lowest BCUT2D eigenvalue weighted by Gasteiger charge is -2.32. The van der Waals surface area contributed by atoms with Gasteiger partial charge in [0, 0.05) is 12.0 Å². The van der Waals surface area contributed by atoms with Crippen LogP contribution in [0.2, 0.25) is 0 Å². The summed E-state index contributed by atoms with van der Waals surface area (Å²) in [6, 6.07) is 0. The Labute approximate surface area is 91.2 Å². The van der Waals surface area contributed by atoms with Gasteiger partial charge in [-0.3, -0.25) is 4.79 Å². The molecular formula is C9H16INO. The van der Waals surface area contributed by atoms with Crippen molar-refractivity contribution in [1.29, 1.82) is 0 Å². The summed E-state index contributed by atoms with van der Waals surface area (Å²) in [5, 5.41) is 0. The van der Waals surface area contributed by atoms with Crippen molar-refractivity contribution in [1.82, 2.24) is 0 Å². The van der Waals surface area contributed by atoms with Crippen molar-refractivity contribution in [3.8, 4) is 0 Å². The second-order valence-electron chi connectivity index (χ2n) is 3.89. The van der Waals surface area contributed by atoms with Crippen LogP contribution in [0.1, 0.15) is 13.3 Å². The number of quaternary nitrogens is 1. The Kier molecular flexibility index (Phi) is 4.40. The normalized spacial score (nSPS) is 20.8. The van der Waals surface area contributed by atoms with E-state index in [0.717, 1.165) is 29.6 Å². The van der Waals surface area contributed by atoms with Gasteiger partial charge in [-0.2, -0.15) is 0 Å². The summed E-state index contributed by atoms with van der Waals surface area (Å²) in [5.41, 5.74) is 1.00. The summed E-state index contributed by atoms with van der Waals surface area (Å²) in [7, 11) is 4.33. The highest BCUT2D eigenvalue weighted by atomic mass is 127. The van der Waals surface area contributed by atoms with Gasteiger partial charge in [-0.05, 0) is 6.92 Å². The van der Waals surface area contributed by atoms with Gasteiger partial charge in [-0.25, -0.2) is 0 Å². The van der Waals surface area contributed by atoms with Crippen molar-refractivity contribution in [3.05, 3.63) is 11.6 Å². The molecule has 0 radical (unpaired) electrons. The molecule has 1 heterocycles. The SMILES string of the molecule is CC(=O)C1=CCC[N+](C)(C)C1.[I-]. The summed E-state index contributed by atoms with van der Waals surface area (Å²) in [4.78, 5) is 11.0. The average Bonchev–Trinajstić information content (AvgIpc) is 1.85. The van der Waals surface area contributed by atoms with Gasteiger partial charge in [0.25, 0.3) is 0 Å². The van der Waals surface area contributed by atoms with Crippen LogP contribution in [0.4, 0.5) is 0 Å². The Morgan fingerprint density at radius 1 is 1.50 bits per heavy atom. The summed E-state index contributed by atoms with van der Waals surface area (Å²) in [5.74, 6) is 0.232. The quantitative estimate of drug-likeness (QED) is 0.401. The van der Waals surface area contributed by atoms with E-state index in [4.69, 9.17) is 0 Å². The van der Waals surface area contributed by atoms with Crippen LogP contribution in [-0.2, 0) is 4.79 Å². The third-order valence-electron chi connectivity index (χ3n) is 2.18. The molecule has 0 saturated heterocycles. The van der Waals surface area contributed by atoms with Crippen molar-refractivity contribution in [2.45, 2.75) is 13.3 Å². The van der Waals surface area contributed by atoms with Gasteiger partial charge in [0.2, 0.25) is 0 Å². The fourth-order valence-corrected chi connectivity index (χ4v) is 1.45. The van der Waals surface area contributed by atoms with Crippen LogP contribution in [0.3, 0.4) is 0 Å². The standard InChI is InChI=1S/C9H16NO.HI/c1-8(11)9-5-4-6-10(2,3)7-9;/h5H,4,6-7H2,1-3H3;1H/q+1;/p-1. The number of hydrogen-bond acceptors (Lipinski definition) is 1. The smallest absolute Gasteiger partial charge is 0.161 e. The Morgan fingerprint density at radius 2 is 2.08 bits per heavy atom. The molecule has 0 aromatic carbocycles. The number of carbonyl (C=O) groups is 1. The van der Waals surface area contributed by atoms with Gasteiger partial charge in [0.05, 0.1) is 20.6 Å². The maximum absolute atomic E-state index is 11.0. The maximum atomic E-state index is 11.0. The van der Waals surface area contributed by atoms with E-state index in [-0.39, 0.29) is 29.8 Å². The van der Waals surface area contributed by atoms with Crippen LogP contribution in [0.15, 0.2) is 11.6 Å². The van der Waals surface area contributed by atoms with Crippen molar-refractivity contribution in [3.63, 3.8) is 0 Å². The molecule has 3 heteroatoms. The molecule has 1 rings (SSSR count). The zero-order valence-corrected chi connectivity index (χ0v) is 10.1. The topological polar surface area (TPSA) is 17.1 Å². The molecule has 1 aliphatic heterocycles. The number of ketones is 1. The number of rotatable bonds is 1. The van der Waals surface area contributed by atoms with E-state index in [0.29, 0.717) is 0 Å². The highest BCUT2D eigenvalue weighted by molar-refractivity contribution is 5.93. The lowest BCUT2D eigenvalue weighted by atomic mass is 10.1. The Bertz CT molecular complexity index is 209. The van der Waals surface area contributed by atoms with Crippen LogP contribution in [0.25, 0.3) is 0 Å². The molecular weight excluding hydrogens is 265 g/mol. The fourth-order valence-electron chi connectivity index (χ4n) is 1.45. The van der Waals surface area contributed by atoms with Crippen LogP contribution in [-0.4, -0.2) is 37.5 Å². The van der Waals surface area contributed by atoms with E-state index in [1.54, 1.807) is 6.92 Å². The summed E-state index contributed by atoms with van der Waals surface area (Å²) < 4.78 is 0.950. The number of nitrogens with zero attached hydrogens (tertiary/aromatic N) is 1. The molecule has 2 nitrogen and oxygen atoms in total. The van der Waals surface area contributed by atoms with Gasteiger partial charge >= 0.3 is 0 Å². The Morgan fingerprint density at radius 3 is 2.42 bits per heavy atom. The highest BCUT2D eigenvalue weighted by Gasteiger charge is 2.22. The minimum Gasteiger partial charge on any atom is -1.00 e. The number of carbonyl (C=O) groups excluding carboxylic acids is 1. The van der Waals surface area contributed by atoms with Crippen molar-refractivity contribution in [2.24, 2.45) is 0 Å². The molecule has 0 aliphatic carbocycles. The molecule has 0 aromatic rings. The maximum Gasteiger partial charge on any atom is 0.161 e. The number of halogens is 1. The zero-order valence-electron chi connectivity index (χ0n) is 7.93. The molecule has 0 aromatic heterocycles. The monoisotopic (exact) mass is 281 g/mol. The molecule has 1 aliphatic rings. The third-order valence-corrected chi connectivity index (χ3v) is 2.18. The van der Waals surface area contributed by atoms with Crippen LogP contribution >= 0.6 is 0 Å². The van der Waals surface area contributed by atoms with Gasteiger partial charge in [-0.1, -0.05) is 6.08 Å². The van der Waals surface area contributed by atoms with Gasteiger partial charge in [-0.15, -0.1) is 0 Å². The van der Waals surface area contributed by atoms with E-state index in [1.807, 2.05) is 0 Å². The van der Waals surface area contributed by atoms with E-state index >= 15 is 0 Å². The minimum absolute atomic E-state index is 0. The molecule has 0 N–H and O–H groups in total. The van der Waals surface area contributed by atoms with Crippen molar-refractivity contribution < 1.29 is 33.3 Å². The Balaban J connectivity index is 0.00000121. The summed E-state index contributed by atoms with van der Waals surface area (Å²) in [6.07, 6.45) is 3.12. The second-order valence-corrected chi connectivity index (χ2v) is 3.89. The largest absolute Gasteiger partial charge is 1.00 e. The van der Waals surface area contributed by atoms with Crippen LogP contribution < -0.4 is 24.0 Å². The van der Waals surface area contributed by atoms with Crippen LogP contribution in [0.5, 0.6) is 0 Å². The molecule has 0 bridgehead atoms. The lowest BCUT2D eigenvalue weighted by Crippen LogP contribution is -3.00. The summed E-state index contributed by atoms with van der Waals surface area (Å²) in [6.45, 7) is 3.70. The predicted octanol–water partition coefficient (Wildman–Crippen LogP) is -2.01. The second kappa shape index (κ2) is 4.37. The van der Waals surface area contributed by atoms with Gasteiger partial charge in [0.1, 0.15) is 6.54 Å². The first-order chi connectivity index (χ1) is 5.01. The van der Waals surface area contributed by atoms with Crippen LogP contribution in [0, 0.1) is 0 Å². The molecule has 0 amide bonds. The van der Waals surface area contributed by atoms with E-state index < -0.39 is 0 Å². The zero-order chi connectivity index (χ0) is 8.48. The molecule has 0 unspecified atom stereocenters. The average molecular weight is 281 g/mol. The lowest BCUT2D eigenvalue weighted by molar-refractivity contribution is -0.886. The first-order valence-corrected chi connectivity index (χ1v) is 4.03. The molecule has 0 spiro atoms. The first kappa shape index (κ1) is 12.1. The van der Waals surface area contributed by atoms with Gasteiger partial charge < -0.3 is 28.5 Å². The minimum atomic E-state index is 0. The number of likely N-dealkylation sites (N-methyl/N-ethyl adjacent to an activating group) is 1. The number of hydrogen-bond donors (Lipinski definition) is 0. The molecule has 0 atom stereocenters. The van der Waals surface area contributed by atoms with Crippen molar-refractivity contribution in [2.75, 3.05) is 27.2 Å². The molecule has 0 saturated carbocycles.